The van der Waals surface area contributed by atoms with Crippen LogP contribution in [0.15, 0.2) is 30.3 Å². The number of anilines is 2. The average molecular weight is 250 g/mol. The van der Waals surface area contributed by atoms with Crippen molar-refractivity contribution in [3.63, 3.8) is 0 Å². The molecule has 1 aliphatic heterocycles. The molecule has 0 bridgehead atoms. The summed E-state index contributed by atoms with van der Waals surface area (Å²) in [6, 6.07) is 11.9. The fourth-order valence-electron chi connectivity index (χ4n) is 2.44. The van der Waals surface area contributed by atoms with Gasteiger partial charge >= 0.3 is 0 Å². The highest BCUT2D eigenvalue weighted by Gasteiger charge is 2.22. The SMILES string of the molecule is Cc1ccc(C#N)c(N2Cc3ccc(N)cc3C2)n1. The summed E-state index contributed by atoms with van der Waals surface area (Å²) in [6.45, 7) is 3.47. The van der Waals surface area contributed by atoms with Gasteiger partial charge in [-0.25, -0.2) is 4.98 Å². The Hall–Kier alpha value is -2.54. The van der Waals surface area contributed by atoms with Crippen LogP contribution >= 0.6 is 0 Å². The van der Waals surface area contributed by atoms with Gasteiger partial charge in [0.25, 0.3) is 0 Å². The van der Waals surface area contributed by atoms with Crippen LogP contribution in [0.5, 0.6) is 0 Å². The van der Waals surface area contributed by atoms with Crippen LogP contribution in [0.4, 0.5) is 11.5 Å². The van der Waals surface area contributed by atoms with Crippen LogP contribution in [0.1, 0.15) is 22.4 Å². The minimum Gasteiger partial charge on any atom is -0.399 e. The van der Waals surface area contributed by atoms with E-state index in [-0.39, 0.29) is 0 Å². The third kappa shape index (κ3) is 2.00. The molecule has 0 radical (unpaired) electrons. The number of aryl methyl sites for hydroxylation is 1. The Morgan fingerprint density at radius 1 is 1.21 bits per heavy atom. The lowest BCUT2D eigenvalue weighted by atomic mass is 10.1. The van der Waals surface area contributed by atoms with Crippen molar-refractivity contribution in [3.8, 4) is 6.07 Å². The zero-order valence-electron chi connectivity index (χ0n) is 10.7. The minimum absolute atomic E-state index is 0.617. The molecule has 0 spiro atoms. The van der Waals surface area contributed by atoms with Gasteiger partial charge in [0, 0.05) is 24.5 Å². The maximum absolute atomic E-state index is 9.19. The van der Waals surface area contributed by atoms with E-state index < -0.39 is 0 Å². The molecule has 0 fully saturated rings. The van der Waals surface area contributed by atoms with Gasteiger partial charge in [0.05, 0.1) is 5.56 Å². The number of nitrogen functional groups attached to an aromatic ring is 1. The lowest BCUT2D eigenvalue weighted by Gasteiger charge is -2.18. The molecule has 1 aromatic carbocycles. The standard InChI is InChI=1S/C15H14N4/c1-10-2-3-11(7-16)15(18-10)19-8-12-4-5-14(17)6-13(12)9-19/h2-6H,8-9,17H2,1H3. The molecule has 0 atom stereocenters. The van der Waals surface area contributed by atoms with E-state index in [9.17, 15) is 5.26 Å². The summed E-state index contributed by atoms with van der Waals surface area (Å²) in [5.74, 6) is 0.761. The molecule has 0 saturated heterocycles. The van der Waals surface area contributed by atoms with Crippen molar-refractivity contribution in [1.29, 1.82) is 5.26 Å². The Kier molecular flexibility index (Phi) is 2.60. The Bertz CT molecular complexity index is 685. The normalized spacial score (nSPS) is 13.2. The van der Waals surface area contributed by atoms with Crippen molar-refractivity contribution in [1.82, 2.24) is 4.98 Å². The highest BCUT2D eigenvalue weighted by atomic mass is 15.2. The number of aromatic nitrogens is 1. The maximum Gasteiger partial charge on any atom is 0.147 e. The zero-order valence-corrected chi connectivity index (χ0v) is 10.7. The van der Waals surface area contributed by atoms with E-state index >= 15 is 0 Å². The number of fused-ring (bicyclic) bond motifs is 1. The first kappa shape index (κ1) is 11.5. The average Bonchev–Trinajstić information content (AvgIpc) is 2.81. The first-order valence-electron chi connectivity index (χ1n) is 6.17. The zero-order chi connectivity index (χ0) is 13.4. The summed E-state index contributed by atoms with van der Waals surface area (Å²) in [6.07, 6.45) is 0. The molecule has 2 aromatic rings. The number of pyridine rings is 1. The van der Waals surface area contributed by atoms with Gasteiger partial charge < -0.3 is 10.6 Å². The Morgan fingerprint density at radius 3 is 2.79 bits per heavy atom. The van der Waals surface area contributed by atoms with Gasteiger partial charge in [0.2, 0.25) is 0 Å². The van der Waals surface area contributed by atoms with Crippen molar-refractivity contribution >= 4 is 11.5 Å². The van der Waals surface area contributed by atoms with Crippen LogP contribution in [-0.2, 0) is 13.1 Å². The van der Waals surface area contributed by atoms with Crippen LogP contribution in [0, 0.1) is 18.3 Å². The summed E-state index contributed by atoms with van der Waals surface area (Å²) >= 11 is 0. The van der Waals surface area contributed by atoms with E-state index in [2.05, 4.69) is 16.0 Å². The van der Waals surface area contributed by atoms with Gasteiger partial charge in [-0.2, -0.15) is 5.26 Å². The van der Waals surface area contributed by atoms with E-state index in [1.165, 1.54) is 11.1 Å². The smallest absolute Gasteiger partial charge is 0.147 e. The largest absolute Gasteiger partial charge is 0.399 e. The summed E-state index contributed by atoms with van der Waals surface area (Å²) < 4.78 is 0. The molecule has 2 N–H and O–H groups in total. The van der Waals surface area contributed by atoms with Crippen LogP contribution in [0.3, 0.4) is 0 Å². The molecule has 1 aliphatic rings. The fourth-order valence-corrected chi connectivity index (χ4v) is 2.44. The highest BCUT2D eigenvalue weighted by Crippen LogP contribution is 2.30. The Morgan fingerprint density at radius 2 is 2.00 bits per heavy atom. The van der Waals surface area contributed by atoms with Crippen molar-refractivity contribution < 1.29 is 0 Å². The topological polar surface area (TPSA) is 65.9 Å². The number of benzene rings is 1. The summed E-state index contributed by atoms with van der Waals surface area (Å²) in [7, 11) is 0. The number of hydrogen-bond donors (Lipinski definition) is 1. The van der Waals surface area contributed by atoms with Gasteiger partial charge in [-0.1, -0.05) is 6.07 Å². The molecule has 0 aliphatic carbocycles. The quantitative estimate of drug-likeness (QED) is 0.789. The highest BCUT2D eigenvalue weighted by molar-refractivity contribution is 5.58. The van der Waals surface area contributed by atoms with Crippen LogP contribution in [0.2, 0.25) is 0 Å². The molecule has 2 heterocycles. The number of rotatable bonds is 1. The van der Waals surface area contributed by atoms with Crippen molar-refractivity contribution in [2.45, 2.75) is 20.0 Å². The van der Waals surface area contributed by atoms with E-state index in [0.29, 0.717) is 5.56 Å². The van der Waals surface area contributed by atoms with Crippen molar-refractivity contribution in [3.05, 3.63) is 52.7 Å². The second kappa shape index (κ2) is 4.29. The fraction of sp³-hybridized carbons (Fsp3) is 0.200. The second-order valence-electron chi connectivity index (χ2n) is 4.82. The van der Waals surface area contributed by atoms with Crippen LogP contribution < -0.4 is 10.6 Å². The third-order valence-electron chi connectivity index (χ3n) is 3.39. The van der Waals surface area contributed by atoms with E-state index in [0.717, 1.165) is 30.3 Å². The molecule has 0 amide bonds. The number of hydrogen-bond acceptors (Lipinski definition) is 4. The monoisotopic (exact) mass is 250 g/mol. The third-order valence-corrected chi connectivity index (χ3v) is 3.39. The van der Waals surface area contributed by atoms with Gasteiger partial charge in [-0.05, 0) is 42.3 Å². The number of nitriles is 1. The van der Waals surface area contributed by atoms with Gasteiger partial charge in [0.15, 0.2) is 0 Å². The van der Waals surface area contributed by atoms with Gasteiger partial charge in [-0.15, -0.1) is 0 Å². The van der Waals surface area contributed by atoms with E-state index in [1.807, 2.05) is 37.3 Å². The second-order valence-corrected chi connectivity index (χ2v) is 4.82. The number of nitrogens with zero attached hydrogens (tertiary/aromatic N) is 3. The predicted octanol–water partition coefficient (Wildman–Crippen LogP) is 2.36. The number of nitrogens with two attached hydrogens (primary N) is 1. The Labute approximate surface area is 112 Å². The van der Waals surface area contributed by atoms with Crippen LogP contribution in [-0.4, -0.2) is 4.98 Å². The summed E-state index contributed by atoms with van der Waals surface area (Å²) in [5.41, 5.74) is 10.6. The molecule has 0 unspecified atom stereocenters. The molecule has 1 aromatic heterocycles. The summed E-state index contributed by atoms with van der Waals surface area (Å²) in [5, 5.41) is 9.19. The maximum atomic E-state index is 9.19. The molecule has 4 heteroatoms. The molecule has 0 saturated carbocycles. The van der Waals surface area contributed by atoms with Gasteiger partial charge in [0.1, 0.15) is 11.9 Å². The molecule has 3 rings (SSSR count). The first-order chi connectivity index (χ1) is 9.17. The molecule has 19 heavy (non-hydrogen) atoms. The predicted molar refractivity (Wildman–Crippen MR) is 74.4 cm³/mol. The molecular formula is C15H14N4. The molecule has 4 nitrogen and oxygen atoms in total. The van der Waals surface area contributed by atoms with Crippen LogP contribution in [0.25, 0.3) is 0 Å². The lowest BCUT2D eigenvalue weighted by Crippen LogP contribution is -2.17. The van der Waals surface area contributed by atoms with Crippen molar-refractivity contribution in [2.75, 3.05) is 10.6 Å². The first-order valence-corrected chi connectivity index (χ1v) is 6.17. The van der Waals surface area contributed by atoms with E-state index in [4.69, 9.17) is 5.73 Å². The minimum atomic E-state index is 0.617. The van der Waals surface area contributed by atoms with E-state index in [1.54, 1.807) is 0 Å². The molecule has 94 valence electrons. The lowest BCUT2D eigenvalue weighted by molar-refractivity contribution is 0.849. The molecular weight excluding hydrogens is 236 g/mol. The summed E-state index contributed by atoms with van der Waals surface area (Å²) in [4.78, 5) is 6.62. The van der Waals surface area contributed by atoms with Gasteiger partial charge in [-0.3, -0.25) is 0 Å². The Balaban J connectivity index is 1.99. The van der Waals surface area contributed by atoms with Crippen molar-refractivity contribution in [2.24, 2.45) is 0 Å².